The van der Waals surface area contributed by atoms with Crippen LogP contribution < -0.4 is 10.6 Å². The summed E-state index contributed by atoms with van der Waals surface area (Å²) < 4.78 is 5.41. The van der Waals surface area contributed by atoms with E-state index in [1.807, 2.05) is 20.1 Å². The quantitative estimate of drug-likeness (QED) is 0.316. The van der Waals surface area contributed by atoms with Crippen molar-refractivity contribution in [2.24, 2.45) is 0 Å². The van der Waals surface area contributed by atoms with Gasteiger partial charge in [0.15, 0.2) is 0 Å². The minimum atomic E-state index is -1.05. The maximum Gasteiger partial charge on any atom is 0.408 e. The van der Waals surface area contributed by atoms with Gasteiger partial charge in [-0.2, -0.15) is 11.8 Å². The Morgan fingerprint density at radius 1 is 1.14 bits per heavy atom. The Morgan fingerprint density at radius 2 is 1.81 bits per heavy atom. The molecule has 9 heteroatoms. The summed E-state index contributed by atoms with van der Waals surface area (Å²) in [6.07, 6.45) is 4.11. The number of unbranched alkanes of at least 4 members (excludes halogenated alkanes) is 2. The SMILES string of the molecule is CCCCCN(C(=O)C(CCSC)NC(=O)OC(C)(C)C)C(C(=O)NC(C)C)c1cccc(C)c1O. The summed E-state index contributed by atoms with van der Waals surface area (Å²) in [5.41, 5.74) is 0.255. The van der Waals surface area contributed by atoms with Crippen molar-refractivity contribution in [3.8, 4) is 5.75 Å². The summed E-state index contributed by atoms with van der Waals surface area (Å²) in [7, 11) is 0. The molecule has 1 aromatic rings. The van der Waals surface area contributed by atoms with Crippen molar-refractivity contribution in [3.63, 3.8) is 0 Å². The molecule has 3 amide bonds. The summed E-state index contributed by atoms with van der Waals surface area (Å²) in [6.45, 7) is 13.1. The van der Waals surface area contributed by atoms with Gasteiger partial charge in [-0.3, -0.25) is 9.59 Å². The second kappa shape index (κ2) is 15.0. The molecule has 3 N–H and O–H groups in total. The predicted molar refractivity (Wildman–Crippen MR) is 146 cm³/mol. The van der Waals surface area contributed by atoms with Crippen molar-refractivity contribution < 1.29 is 24.2 Å². The van der Waals surface area contributed by atoms with Crippen LogP contribution in [0.5, 0.6) is 5.75 Å². The monoisotopic (exact) mass is 523 g/mol. The van der Waals surface area contributed by atoms with Crippen LogP contribution in [0.1, 0.15) is 84.4 Å². The highest BCUT2D eigenvalue weighted by Gasteiger charge is 2.37. The molecule has 204 valence electrons. The number of nitrogens with one attached hydrogen (secondary N) is 2. The van der Waals surface area contributed by atoms with Gasteiger partial charge in [0, 0.05) is 18.2 Å². The molecule has 2 unspecified atom stereocenters. The highest BCUT2D eigenvalue weighted by atomic mass is 32.2. The van der Waals surface area contributed by atoms with Gasteiger partial charge in [0.1, 0.15) is 23.4 Å². The van der Waals surface area contributed by atoms with E-state index in [9.17, 15) is 19.5 Å². The molecule has 0 fully saturated rings. The van der Waals surface area contributed by atoms with Crippen LogP contribution >= 0.6 is 11.8 Å². The highest BCUT2D eigenvalue weighted by molar-refractivity contribution is 7.98. The van der Waals surface area contributed by atoms with Crippen LogP contribution in [0.3, 0.4) is 0 Å². The number of benzene rings is 1. The van der Waals surface area contributed by atoms with E-state index in [1.165, 1.54) is 4.90 Å². The van der Waals surface area contributed by atoms with Crippen molar-refractivity contribution in [1.82, 2.24) is 15.5 Å². The van der Waals surface area contributed by atoms with Crippen LogP contribution in [0, 0.1) is 6.92 Å². The Hall–Kier alpha value is -2.42. The average molecular weight is 524 g/mol. The van der Waals surface area contributed by atoms with Gasteiger partial charge in [-0.1, -0.05) is 38.0 Å². The maximum absolute atomic E-state index is 14.0. The Balaban J connectivity index is 3.52. The number of carbonyl (C=O) groups excluding carboxylic acids is 3. The molecule has 2 atom stereocenters. The number of hydrogen-bond donors (Lipinski definition) is 3. The highest BCUT2D eigenvalue weighted by Crippen LogP contribution is 2.33. The number of carbonyl (C=O) groups is 3. The first-order valence-corrected chi connectivity index (χ1v) is 14.1. The van der Waals surface area contributed by atoms with Gasteiger partial charge >= 0.3 is 6.09 Å². The first-order chi connectivity index (χ1) is 16.8. The number of nitrogens with zero attached hydrogens (tertiary/aromatic N) is 1. The Kier molecular flexibility index (Phi) is 13.1. The van der Waals surface area contributed by atoms with E-state index in [1.54, 1.807) is 57.7 Å². The number of phenolic OH excluding ortho intramolecular Hbond substituents is 1. The molecule has 36 heavy (non-hydrogen) atoms. The molecule has 0 aliphatic rings. The smallest absolute Gasteiger partial charge is 0.408 e. The van der Waals surface area contributed by atoms with Gasteiger partial charge in [-0.15, -0.1) is 0 Å². The number of aromatic hydroxyl groups is 1. The molecule has 0 saturated heterocycles. The fraction of sp³-hybridized carbons (Fsp3) is 0.667. The summed E-state index contributed by atoms with van der Waals surface area (Å²) in [5.74, 6) is -0.143. The minimum absolute atomic E-state index is 0.0181. The fourth-order valence-electron chi connectivity index (χ4n) is 3.76. The Bertz CT molecular complexity index is 869. The molecule has 0 aliphatic carbocycles. The zero-order chi connectivity index (χ0) is 27.5. The first-order valence-electron chi connectivity index (χ1n) is 12.7. The number of amides is 3. The third-order valence-corrected chi connectivity index (χ3v) is 6.08. The van der Waals surface area contributed by atoms with Crippen molar-refractivity contribution in [3.05, 3.63) is 29.3 Å². The molecule has 0 aliphatic heterocycles. The second-order valence-corrected chi connectivity index (χ2v) is 11.3. The molecule has 0 bridgehead atoms. The van der Waals surface area contributed by atoms with Gasteiger partial charge in [0.05, 0.1) is 0 Å². The Labute approximate surface area is 220 Å². The molecule has 0 heterocycles. The summed E-state index contributed by atoms with van der Waals surface area (Å²) in [5, 5.41) is 16.5. The second-order valence-electron chi connectivity index (χ2n) is 10.3. The summed E-state index contributed by atoms with van der Waals surface area (Å²) in [6, 6.07) is 3.10. The first kappa shape index (κ1) is 31.6. The maximum atomic E-state index is 14.0. The van der Waals surface area contributed by atoms with Crippen LogP contribution in [-0.4, -0.2) is 64.2 Å². The predicted octanol–water partition coefficient (Wildman–Crippen LogP) is 4.93. The number of para-hydroxylation sites is 1. The number of ether oxygens (including phenoxy) is 1. The average Bonchev–Trinajstić information content (AvgIpc) is 2.76. The van der Waals surface area contributed by atoms with E-state index < -0.39 is 23.8 Å². The lowest BCUT2D eigenvalue weighted by molar-refractivity contribution is -0.142. The molecule has 0 spiro atoms. The topological polar surface area (TPSA) is 108 Å². The number of alkyl carbamates (subject to hydrolysis) is 1. The normalized spacial score (nSPS) is 13.1. The van der Waals surface area contributed by atoms with E-state index in [4.69, 9.17) is 4.74 Å². The Morgan fingerprint density at radius 3 is 2.36 bits per heavy atom. The molecule has 0 saturated carbocycles. The lowest BCUT2D eigenvalue weighted by atomic mass is 9.98. The van der Waals surface area contributed by atoms with Gasteiger partial charge in [0.2, 0.25) is 11.8 Å². The number of aryl methyl sites for hydroxylation is 1. The van der Waals surface area contributed by atoms with Crippen molar-refractivity contribution in [2.45, 2.75) is 97.9 Å². The molecule has 1 rings (SSSR count). The lowest BCUT2D eigenvalue weighted by Gasteiger charge is -2.35. The molecular formula is C27H45N3O5S. The largest absolute Gasteiger partial charge is 0.507 e. The molecule has 8 nitrogen and oxygen atoms in total. The van der Waals surface area contributed by atoms with Crippen molar-refractivity contribution in [2.75, 3.05) is 18.6 Å². The minimum Gasteiger partial charge on any atom is -0.507 e. The van der Waals surface area contributed by atoms with Crippen LogP contribution in [0.15, 0.2) is 18.2 Å². The summed E-state index contributed by atoms with van der Waals surface area (Å²) in [4.78, 5) is 41.7. The number of thioether (sulfide) groups is 1. The summed E-state index contributed by atoms with van der Waals surface area (Å²) >= 11 is 1.56. The van der Waals surface area contributed by atoms with Crippen molar-refractivity contribution in [1.29, 1.82) is 0 Å². The van der Waals surface area contributed by atoms with Crippen LogP contribution in [-0.2, 0) is 14.3 Å². The van der Waals surface area contributed by atoms with Crippen LogP contribution in [0.2, 0.25) is 0 Å². The molecule has 0 aromatic heterocycles. The van der Waals surface area contributed by atoms with Gasteiger partial charge in [-0.05, 0) is 72.0 Å². The molecule has 1 aromatic carbocycles. The van der Waals surface area contributed by atoms with Gasteiger partial charge in [-0.25, -0.2) is 4.79 Å². The third-order valence-electron chi connectivity index (χ3n) is 5.44. The van der Waals surface area contributed by atoms with Crippen LogP contribution in [0.4, 0.5) is 4.79 Å². The molecule has 0 radical (unpaired) electrons. The van der Waals surface area contributed by atoms with E-state index >= 15 is 0 Å². The lowest BCUT2D eigenvalue weighted by Crippen LogP contribution is -2.54. The zero-order valence-corrected chi connectivity index (χ0v) is 24.0. The fourth-order valence-corrected chi connectivity index (χ4v) is 4.23. The van der Waals surface area contributed by atoms with E-state index in [0.717, 1.165) is 12.8 Å². The standard InChI is InChI=1S/C27H45N3O5S/c1-9-10-11-16-30(25(33)21(15-17-36-8)29-26(34)35-27(5,6)7)22(24(32)28-18(2)3)20-14-12-13-19(4)23(20)31/h12-14,18,21-22,31H,9-11,15-17H2,1-8H3,(H,28,32)(H,29,34). The number of hydrogen-bond acceptors (Lipinski definition) is 6. The zero-order valence-electron chi connectivity index (χ0n) is 23.1. The van der Waals surface area contributed by atoms with Crippen molar-refractivity contribution >= 4 is 29.7 Å². The van der Waals surface area contributed by atoms with E-state index in [2.05, 4.69) is 17.6 Å². The molecular weight excluding hydrogens is 478 g/mol. The number of rotatable bonds is 13. The number of phenols is 1. The van der Waals surface area contributed by atoms with Gasteiger partial charge in [0.25, 0.3) is 0 Å². The van der Waals surface area contributed by atoms with Gasteiger partial charge < -0.3 is 25.4 Å². The van der Waals surface area contributed by atoms with E-state index in [0.29, 0.717) is 36.3 Å². The third kappa shape index (κ3) is 10.3. The van der Waals surface area contributed by atoms with Crippen LogP contribution in [0.25, 0.3) is 0 Å². The van der Waals surface area contributed by atoms with E-state index in [-0.39, 0.29) is 23.6 Å².